The predicted molar refractivity (Wildman–Crippen MR) is 118 cm³/mol. The van der Waals surface area contributed by atoms with Crippen molar-refractivity contribution in [1.82, 2.24) is 4.90 Å². The summed E-state index contributed by atoms with van der Waals surface area (Å²) in [6, 6.07) is 11.5. The largest absolute Gasteiger partial charge is 0.395 e. The maximum atomic E-state index is 13.2. The first kappa shape index (κ1) is 22.8. The molecule has 1 aliphatic heterocycles. The van der Waals surface area contributed by atoms with Crippen LogP contribution in [0.4, 0.5) is 11.4 Å². The molecule has 1 heterocycles. The van der Waals surface area contributed by atoms with E-state index in [2.05, 4.69) is 10.0 Å². The minimum atomic E-state index is -3.92. The van der Waals surface area contributed by atoms with Crippen LogP contribution in [-0.2, 0) is 32.6 Å². The van der Waals surface area contributed by atoms with Gasteiger partial charge >= 0.3 is 0 Å². The molecule has 0 aliphatic carbocycles. The number of benzene rings is 2. The van der Waals surface area contributed by atoms with Crippen molar-refractivity contribution in [3.05, 3.63) is 53.6 Å². The molecule has 8 nitrogen and oxygen atoms in total. The van der Waals surface area contributed by atoms with E-state index >= 15 is 0 Å². The number of anilines is 2. The Bertz CT molecular complexity index is 1110. The second kappa shape index (κ2) is 8.68. The molecule has 0 aromatic heterocycles. The maximum Gasteiger partial charge on any atom is 0.262 e. The average Bonchev–Trinajstić information content (AvgIpc) is 2.72. The summed E-state index contributed by atoms with van der Waals surface area (Å²) in [5, 5.41) is 12.0. The molecule has 3 rings (SSSR count). The summed E-state index contributed by atoms with van der Waals surface area (Å²) < 4.78 is 28.9. The first-order chi connectivity index (χ1) is 14.5. The summed E-state index contributed by atoms with van der Waals surface area (Å²) in [5.74, 6) is -0.475. The van der Waals surface area contributed by atoms with Crippen LogP contribution < -0.4 is 10.0 Å². The van der Waals surface area contributed by atoms with E-state index in [4.69, 9.17) is 0 Å². The van der Waals surface area contributed by atoms with E-state index in [1.54, 1.807) is 43.0 Å². The predicted octanol–water partition coefficient (Wildman–Crippen LogP) is 2.35. The molecule has 1 aliphatic rings. The Morgan fingerprint density at radius 2 is 1.81 bits per heavy atom. The topological polar surface area (TPSA) is 116 Å². The monoisotopic (exact) mass is 445 g/mol. The second-order valence-corrected chi connectivity index (χ2v) is 9.92. The summed E-state index contributed by atoms with van der Waals surface area (Å²) in [6.45, 7) is 5.18. The van der Waals surface area contributed by atoms with Gasteiger partial charge in [0.1, 0.15) is 0 Å². The van der Waals surface area contributed by atoms with E-state index in [1.807, 2.05) is 6.07 Å². The molecule has 2 aromatic rings. The standard InChI is InChI=1S/C22H27N3O5S/c1-15(27)25-11-10-16-6-4-9-20(19(16)13-25)31(29,30)24-18-8-5-7-17(12-18)23-21(28)22(2,3)14-26/h4-9,12,24,26H,10-11,13-14H2,1-3H3,(H,23,28). The molecule has 31 heavy (non-hydrogen) atoms. The van der Waals surface area contributed by atoms with Gasteiger partial charge in [0.25, 0.3) is 10.0 Å². The van der Waals surface area contributed by atoms with Gasteiger partial charge in [-0.05, 0) is 55.7 Å². The second-order valence-electron chi connectivity index (χ2n) is 8.27. The van der Waals surface area contributed by atoms with Crippen LogP contribution in [0.3, 0.4) is 0 Å². The van der Waals surface area contributed by atoms with Crippen LogP contribution in [0.1, 0.15) is 31.9 Å². The van der Waals surface area contributed by atoms with Gasteiger partial charge in [-0.2, -0.15) is 0 Å². The Kier molecular flexibility index (Phi) is 6.38. The lowest BCUT2D eigenvalue weighted by molar-refractivity contribution is -0.129. The first-order valence-corrected chi connectivity index (χ1v) is 11.4. The van der Waals surface area contributed by atoms with E-state index in [0.717, 1.165) is 5.56 Å². The number of sulfonamides is 1. The van der Waals surface area contributed by atoms with Gasteiger partial charge < -0.3 is 15.3 Å². The Morgan fingerprint density at radius 1 is 1.13 bits per heavy atom. The number of nitrogens with one attached hydrogen (secondary N) is 2. The first-order valence-electron chi connectivity index (χ1n) is 9.95. The Labute approximate surface area is 182 Å². The SMILES string of the molecule is CC(=O)N1CCc2cccc(S(=O)(=O)Nc3cccc(NC(=O)C(C)(C)CO)c3)c2C1. The Hall–Kier alpha value is -2.91. The summed E-state index contributed by atoms with van der Waals surface area (Å²) >= 11 is 0. The van der Waals surface area contributed by atoms with Crippen molar-refractivity contribution in [2.24, 2.45) is 5.41 Å². The number of fused-ring (bicyclic) bond motifs is 1. The van der Waals surface area contributed by atoms with Gasteiger partial charge in [0.2, 0.25) is 11.8 Å². The molecule has 3 N–H and O–H groups in total. The van der Waals surface area contributed by atoms with Crippen LogP contribution in [0.2, 0.25) is 0 Å². The number of carbonyl (C=O) groups excluding carboxylic acids is 2. The van der Waals surface area contributed by atoms with Gasteiger partial charge in [0, 0.05) is 25.7 Å². The smallest absolute Gasteiger partial charge is 0.262 e. The number of aliphatic hydroxyl groups is 1. The van der Waals surface area contributed by atoms with Crippen molar-refractivity contribution in [3.63, 3.8) is 0 Å². The molecule has 0 radical (unpaired) electrons. The summed E-state index contributed by atoms with van der Waals surface area (Å²) in [4.78, 5) is 25.8. The quantitative estimate of drug-likeness (QED) is 0.631. The van der Waals surface area contributed by atoms with Gasteiger partial charge in [-0.1, -0.05) is 18.2 Å². The van der Waals surface area contributed by atoms with Gasteiger partial charge in [0.15, 0.2) is 0 Å². The minimum absolute atomic E-state index is 0.0972. The molecule has 0 atom stereocenters. The van der Waals surface area contributed by atoms with E-state index in [1.165, 1.54) is 19.1 Å². The van der Waals surface area contributed by atoms with Crippen LogP contribution in [-0.4, -0.2) is 43.4 Å². The van der Waals surface area contributed by atoms with Crippen LogP contribution in [0, 0.1) is 5.41 Å². The molecule has 9 heteroatoms. The van der Waals surface area contributed by atoms with Crippen molar-refractivity contribution >= 4 is 33.2 Å². The van der Waals surface area contributed by atoms with Crippen molar-refractivity contribution in [1.29, 1.82) is 0 Å². The molecule has 2 amide bonds. The Morgan fingerprint density at radius 3 is 2.48 bits per heavy atom. The summed E-state index contributed by atoms with van der Waals surface area (Å²) in [7, 11) is -3.92. The average molecular weight is 446 g/mol. The van der Waals surface area contributed by atoms with Crippen molar-refractivity contribution in [2.75, 3.05) is 23.2 Å². The van der Waals surface area contributed by atoms with Crippen LogP contribution >= 0.6 is 0 Å². The highest BCUT2D eigenvalue weighted by Gasteiger charge is 2.28. The molecule has 0 unspecified atom stereocenters. The van der Waals surface area contributed by atoms with E-state index in [9.17, 15) is 23.1 Å². The highest BCUT2D eigenvalue weighted by Crippen LogP contribution is 2.28. The van der Waals surface area contributed by atoms with Gasteiger partial charge in [-0.25, -0.2) is 8.42 Å². The maximum absolute atomic E-state index is 13.2. The fraction of sp³-hybridized carbons (Fsp3) is 0.364. The third-order valence-electron chi connectivity index (χ3n) is 5.35. The molecule has 0 bridgehead atoms. The van der Waals surface area contributed by atoms with Crippen molar-refractivity contribution in [3.8, 4) is 0 Å². The lowest BCUT2D eigenvalue weighted by Gasteiger charge is -2.29. The molecule has 0 fully saturated rings. The van der Waals surface area contributed by atoms with E-state index in [0.29, 0.717) is 24.2 Å². The molecule has 166 valence electrons. The summed E-state index contributed by atoms with van der Waals surface area (Å²) in [5.41, 5.74) is 1.25. The highest BCUT2D eigenvalue weighted by molar-refractivity contribution is 7.92. The number of rotatable bonds is 6. The summed E-state index contributed by atoms with van der Waals surface area (Å²) in [6.07, 6.45) is 0.598. The highest BCUT2D eigenvalue weighted by atomic mass is 32.2. The minimum Gasteiger partial charge on any atom is -0.395 e. The van der Waals surface area contributed by atoms with Gasteiger partial charge in [-0.15, -0.1) is 0 Å². The third-order valence-corrected chi connectivity index (χ3v) is 6.81. The normalized spacial score (nSPS) is 14.0. The van der Waals surface area contributed by atoms with Crippen LogP contribution in [0.25, 0.3) is 0 Å². The lowest BCUT2D eigenvalue weighted by atomic mass is 9.93. The third kappa shape index (κ3) is 5.05. The fourth-order valence-corrected chi connectivity index (χ4v) is 4.64. The molecule has 2 aromatic carbocycles. The number of carbonyl (C=O) groups is 2. The fourth-order valence-electron chi connectivity index (χ4n) is 3.31. The van der Waals surface area contributed by atoms with Crippen LogP contribution in [0.5, 0.6) is 0 Å². The molecular formula is C22H27N3O5S. The zero-order valence-corrected chi connectivity index (χ0v) is 18.6. The van der Waals surface area contributed by atoms with E-state index < -0.39 is 15.4 Å². The number of hydrogen-bond donors (Lipinski definition) is 3. The zero-order valence-electron chi connectivity index (χ0n) is 17.8. The number of amides is 2. The van der Waals surface area contributed by atoms with Crippen LogP contribution in [0.15, 0.2) is 47.4 Å². The van der Waals surface area contributed by atoms with Crippen molar-refractivity contribution < 1.29 is 23.1 Å². The zero-order chi connectivity index (χ0) is 22.8. The molecule has 0 saturated carbocycles. The Balaban J connectivity index is 1.86. The number of aliphatic hydroxyl groups excluding tert-OH is 1. The lowest BCUT2D eigenvalue weighted by Crippen LogP contribution is -2.35. The molecular weight excluding hydrogens is 418 g/mol. The van der Waals surface area contributed by atoms with Gasteiger partial charge in [0.05, 0.1) is 22.6 Å². The van der Waals surface area contributed by atoms with Gasteiger partial charge in [-0.3, -0.25) is 14.3 Å². The van der Waals surface area contributed by atoms with E-state index in [-0.39, 0.29) is 35.5 Å². The number of hydrogen-bond acceptors (Lipinski definition) is 5. The van der Waals surface area contributed by atoms with Crippen molar-refractivity contribution in [2.45, 2.75) is 38.6 Å². The molecule has 0 spiro atoms. The molecule has 0 saturated heterocycles. The number of nitrogens with zero attached hydrogens (tertiary/aromatic N) is 1.